The first kappa shape index (κ1) is 23.8. The highest BCUT2D eigenvalue weighted by atomic mass is 31.1. The number of benzene rings is 1. The number of carboxylic acids is 1. The van der Waals surface area contributed by atoms with Crippen LogP contribution >= 0.6 is 8.03 Å². The number of halogens is 1. The van der Waals surface area contributed by atoms with Gasteiger partial charge in [0.05, 0.1) is 0 Å². The molecule has 0 amide bonds. The van der Waals surface area contributed by atoms with Gasteiger partial charge in [0.1, 0.15) is 11.4 Å². The number of aromatic nitrogens is 1. The fraction of sp³-hybridized carbons (Fsp3) is 0.364. The summed E-state index contributed by atoms with van der Waals surface area (Å²) in [5.41, 5.74) is -0.269. The molecule has 0 bridgehead atoms. The van der Waals surface area contributed by atoms with E-state index in [1.807, 2.05) is 19.8 Å². The lowest BCUT2D eigenvalue weighted by molar-refractivity contribution is -0.145. The first-order valence-electron chi connectivity index (χ1n) is 9.23. The summed E-state index contributed by atoms with van der Waals surface area (Å²) < 4.78 is 31.1. The zero-order chi connectivity index (χ0) is 22.9. The number of carboxylic acid groups (broad SMARTS) is 1. The smallest absolute Gasteiger partial charge is 0.335 e. The van der Waals surface area contributed by atoms with Gasteiger partial charge in [-0.25, -0.2) is 9.18 Å². The van der Waals surface area contributed by atoms with Crippen LogP contribution in [0.15, 0.2) is 30.3 Å². The summed E-state index contributed by atoms with van der Waals surface area (Å²) in [6.45, 7) is 6.61. The summed E-state index contributed by atoms with van der Waals surface area (Å²) in [5.74, 6) is -0.294. The molecule has 2 N–H and O–H groups in total. The molecule has 3 atom stereocenters. The lowest BCUT2D eigenvalue weighted by Gasteiger charge is -2.39. The van der Waals surface area contributed by atoms with Crippen molar-refractivity contribution < 1.29 is 28.5 Å². The maximum Gasteiger partial charge on any atom is 0.335 e. The van der Waals surface area contributed by atoms with Crippen molar-refractivity contribution in [1.29, 1.82) is 0 Å². The van der Waals surface area contributed by atoms with Crippen molar-refractivity contribution in [3.63, 3.8) is 0 Å². The van der Waals surface area contributed by atoms with Gasteiger partial charge in [-0.3, -0.25) is 9.55 Å². The van der Waals surface area contributed by atoms with Gasteiger partial charge in [-0.15, -0.1) is 6.42 Å². The zero-order valence-corrected chi connectivity index (χ0v) is 18.5. The molecule has 2 aromatic rings. The second kappa shape index (κ2) is 8.69. The lowest BCUT2D eigenvalue weighted by Crippen LogP contribution is -2.53. The van der Waals surface area contributed by atoms with E-state index in [1.54, 1.807) is 13.0 Å². The number of terminal acetylenes is 1. The van der Waals surface area contributed by atoms with Crippen molar-refractivity contribution in [2.24, 2.45) is 0 Å². The Bertz CT molecular complexity index is 1030. The van der Waals surface area contributed by atoms with E-state index in [-0.39, 0.29) is 11.5 Å². The van der Waals surface area contributed by atoms with E-state index in [0.29, 0.717) is 22.5 Å². The Morgan fingerprint density at radius 1 is 1.33 bits per heavy atom. The summed E-state index contributed by atoms with van der Waals surface area (Å²) in [4.78, 5) is 16.8. The molecule has 2 rings (SSSR count). The average molecular weight is 433 g/mol. The minimum atomic E-state index is -3.46. The van der Waals surface area contributed by atoms with Crippen LogP contribution < -0.4 is 0 Å². The third-order valence-electron chi connectivity index (χ3n) is 5.12. The fourth-order valence-corrected chi connectivity index (χ4v) is 4.70. The number of hydrogen-bond donors (Lipinski definition) is 2. The molecule has 6 nitrogen and oxygen atoms in total. The number of aliphatic carboxylic acids is 1. The Balaban J connectivity index is 3.03. The Hall–Kier alpha value is -2.52. The largest absolute Gasteiger partial charge is 0.480 e. The highest BCUT2D eigenvalue weighted by Crippen LogP contribution is 2.54. The Morgan fingerprint density at radius 2 is 1.90 bits per heavy atom. The molecular formula is C22H25FNO5P. The molecule has 1 heterocycles. The summed E-state index contributed by atoms with van der Waals surface area (Å²) in [6.07, 6.45) is 5.56. The van der Waals surface area contributed by atoms with Gasteiger partial charge in [0.25, 0.3) is 0 Å². The number of nitrogens with zero attached hydrogens (tertiary/aromatic N) is 1. The number of hydrogen-bond acceptors (Lipinski definition) is 5. The molecule has 0 saturated carbocycles. The zero-order valence-electron chi connectivity index (χ0n) is 17.5. The van der Waals surface area contributed by atoms with Crippen LogP contribution in [0.2, 0.25) is 0 Å². The molecule has 0 spiro atoms. The molecule has 160 valence electrons. The molecule has 0 aliphatic rings. The van der Waals surface area contributed by atoms with Gasteiger partial charge < -0.3 is 14.7 Å². The van der Waals surface area contributed by atoms with Gasteiger partial charge >= 0.3 is 5.97 Å². The van der Waals surface area contributed by atoms with Gasteiger partial charge in [-0.05, 0) is 49.1 Å². The second-order valence-corrected chi connectivity index (χ2v) is 9.23. The summed E-state index contributed by atoms with van der Waals surface area (Å²) in [6, 6.07) is 7.16. The van der Waals surface area contributed by atoms with Gasteiger partial charge in [-0.2, -0.15) is 0 Å². The van der Waals surface area contributed by atoms with Gasteiger partial charge in [0.2, 0.25) is 13.2 Å². The topological polar surface area (TPSA) is 96.7 Å². The van der Waals surface area contributed by atoms with Crippen molar-refractivity contribution in [2.75, 3.05) is 7.11 Å². The van der Waals surface area contributed by atoms with Crippen LogP contribution in [0.3, 0.4) is 0 Å². The van der Waals surface area contributed by atoms with Crippen LogP contribution in [0.25, 0.3) is 11.1 Å². The number of aryl methyl sites for hydroxylation is 1. The molecule has 0 saturated heterocycles. The second-order valence-electron chi connectivity index (χ2n) is 7.50. The molecule has 0 aliphatic heterocycles. The molecular weight excluding hydrogens is 408 g/mol. The number of pyridine rings is 1. The highest BCUT2D eigenvalue weighted by molar-refractivity contribution is 7.43. The minimum Gasteiger partial charge on any atom is -0.480 e. The number of carbonyl (C=O) groups is 1. The molecule has 3 unspecified atom stereocenters. The van der Waals surface area contributed by atoms with Crippen LogP contribution in [-0.2, 0) is 19.5 Å². The molecule has 30 heavy (non-hydrogen) atoms. The van der Waals surface area contributed by atoms with Gasteiger partial charge in [0.15, 0.2) is 0 Å². The van der Waals surface area contributed by atoms with Crippen LogP contribution in [0.4, 0.5) is 4.39 Å². The van der Waals surface area contributed by atoms with E-state index in [1.165, 1.54) is 31.2 Å². The SMILES string of the molecule is C#CC(C(=O)O)([PH](=O)OC)C(C)(O)c1c(-c2ccc(F)cc2)cc(C)nc1C(C)C. The van der Waals surface area contributed by atoms with Crippen LogP contribution in [0, 0.1) is 25.1 Å². The van der Waals surface area contributed by atoms with Gasteiger partial charge in [-0.1, -0.05) is 31.9 Å². The van der Waals surface area contributed by atoms with Gasteiger partial charge in [0, 0.05) is 24.1 Å². The summed E-state index contributed by atoms with van der Waals surface area (Å²) >= 11 is 0. The van der Waals surface area contributed by atoms with E-state index < -0.39 is 30.6 Å². The monoisotopic (exact) mass is 433 g/mol. The molecule has 0 aliphatic carbocycles. The van der Waals surface area contributed by atoms with Crippen molar-refractivity contribution >= 4 is 14.0 Å². The average Bonchev–Trinajstić information content (AvgIpc) is 2.67. The van der Waals surface area contributed by atoms with E-state index in [9.17, 15) is 24.0 Å². The third-order valence-corrected chi connectivity index (χ3v) is 6.95. The lowest BCUT2D eigenvalue weighted by atomic mass is 9.76. The van der Waals surface area contributed by atoms with Crippen molar-refractivity contribution in [3.8, 4) is 23.5 Å². The maximum absolute atomic E-state index is 13.5. The van der Waals surface area contributed by atoms with E-state index in [0.717, 1.165) is 7.11 Å². The molecule has 1 aromatic carbocycles. The molecule has 8 heteroatoms. The summed E-state index contributed by atoms with van der Waals surface area (Å²) in [7, 11) is -2.39. The highest BCUT2D eigenvalue weighted by Gasteiger charge is 2.60. The van der Waals surface area contributed by atoms with E-state index in [4.69, 9.17) is 10.9 Å². The number of rotatable bonds is 7. The van der Waals surface area contributed by atoms with Crippen molar-refractivity contribution in [2.45, 2.75) is 44.4 Å². The van der Waals surface area contributed by atoms with Crippen molar-refractivity contribution in [1.82, 2.24) is 4.98 Å². The Morgan fingerprint density at radius 3 is 2.33 bits per heavy atom. The third kappa shape index (κ3) is 3.79. The predicted octanol–water partition coefficient (Wildman–Crippen LogP) is 4.10. The molecule has 0 radical (unpaired) electrons. The first-order valence-corrected chi connectivity index (χ1v) is 10.6. The van der Waals surface area contributed by atoms with E-state index in [2.05, 4.69) is 4.98 Å². The first-order chi connectivity index (χ1) is 13.9. The minimum absolute atomic E-state index is 0.116. The van der Waals surface area contributed by atoms with Crippen LogP contribution in [0.5, 0.6) is 0 Å². The predicted molar refractivity (Wildman–Crippen MR) is 113 cm³/mol. The van der Waals surface area contributed by atoms with Crippen molar-refractivity contribution in [3.05, 3.63) is 53.1 Å². The number of aliphatic hydroxyl groups is 1. The van der Waals surface area contributed by atoms with Crippen LogP contribution in [-0.4, -0.2) is 33.4 Å². The molecule has 1 aromatic heterocycles. The standard InChI is InChI=1S/C22H25FNO5P/c1-7-22(20(25)26,30(28)29-6)21(5,27)18-17(15-8-10-16(23)11-9-15)12-14(4)24-19(18)13(2)3/h1,8-13,27,30H,2-6H3,(H,25,26). The Kier molecular flexibility index (Phi) is 6.88. The fourth-order valence-electron chi connectivity index (χ4n) is 3.58. The van der Waals surface area contributed by atoms with Crippen LogP contribution in [0.1, 0.15) is 43.6 Å². The quantitative estimate of drug-likeness (QED) is 0.504. The maximum atomic E-state index is 13.5. The Labute approximate surface area is 176 Å². The normalized spacial score (nSPS) is 16.4. The molecule has 0 fully saturated rings. The summed E-state index contributed by atoms with van der Waals surface area (Å²) in [5, 5.41) is 19.1. The van der Waals surface area contributed by atoms with E-state index >= 15 is 0 Å².